The van der Waals surface area contributed by atoms with Crippen molar-refractivity contribution in [2.24, 2.45) is 0 Å². The Bertz CT molecular complexity index is 598. The maximum atomic E-state index is 12.3. The highest BCUT2D eigenvalue weighted by Gasteiger charge is 2.33. The second-order valence-corrected chi connectivity index (χ2v) is 6.04. The van der Waals surface area contributed by atoms with Crippen molar-refractivity contribution in [1.29, 1.82) is 0 Å². The summed E-state index contributed by atoms with van der Waals surface area (Å²) in [5, 5.41) is 4.59. The van der Waals surface area contributed by atoms with E-state index in [1.807, 2.05) is 0 Å². The minimum Gasteiger partial charge on any atom is -0.461 e. The van der Waals surface area contributed by atoms with Crippen LogP contribution < -0.4 is 4.90 Å². The molecule has 0 bridgehead atoms. The van der Waals surface area contributed by atoms with Gasteiger partial charge < -0.3 is 14.4 Å². The Hall–Kier alpha value is -1.89. The van der Waals surface area contributed by atoms with Gasteiger partial charge in [-0.05, 0) is 26.7 Å². The van der Waals surface area contributed by atoms with Gasteiger partial charge in [0.15, 0.2) is 11.6 Å². The topological polar surface area (TPSA) is 73.7 Å². The van der Waals surface area contributed by atoms with E-state index in [0.717, 1.165) is 19.4 Å². The van der Waals surface area contributed by atoms with Crippen molar-refractivity contribution < 1.29 is 19.1 Å². The van der Waals surface area contributed by atoms with Gasteiger partial charge >= 0.3 is 5.97 Å². The number of nitrogens with zero attached hydrogens (tertiary/aromatic N) is 3. The number of carbonyl (C=O) groups is 2. The van der Waals surface area contributed by atoms with Gasteiger partial charge in [-0.2, -0.15) is 5.10 Å². The minimum atomic E-state index is -0.424. The van der Waals surface area contributed by atoms with Gasteiger partial charge in [-0.1, -0.05) is 0 Å². The van der Waals surface area contributed by atoms with Crippen LogP contribution in [0.5, 0.6) is 0 Å². The number of ether oxygens (including phenoxy) is 2. The van der Waals surface area contributed by atoms with Crippen LogP contribution in [0.25, 0.3) is 0 Å². The molecular formula is C16H23N3O4. The third kappa shape index (κ3) is 3.10. The van der Waals surface area contributed by atoms with E-state index in [-0.39, 0.29) is 17.9 Å². The summed E-state index contributed by atoms with van der Waals surface area (Å²) in [6.45, 7) is 6.11. The molecule has 0 spiro atoms. The monoisotopic (exact) mass is 321 g/mol. The number of Topliss-reactive ketones (excluding diaryl/α,β-unsaturated/α-hetero) is 1. The van der Waals surface area contributed by atoms with Crippen molar-refractivity contribution >= 4 is 17.6 Å². The number of carbonyl (C=O) groups excluding carboxylic acids is 2. The van der Waals surface area contributed by atoms with Crippen LogP contribution in [0.15, 0.2) is 6.07 Å². The van der Waals surface area contributed by atoms with Crippen molar-refractivity contribution in [2.45, 2.75) is 45.2 Å². The number of ketones is 1. The number of anilines is 1. The molecule has 1 saturated carbocycles. The maximum Gasteiger partial charge on any atom is 0.356 e. The highest BCUT2D eigenvalue weighted by Crippen LogP contribution is 2.30. The summed E-state index contributed by atoms with van der Waals surface area (Å²) in [4.78, 5) is 26.5. The smallest absolute Gasteiger partial charge is 0.356 e. The minimum absolute atomic E-state index is 0.139. The average molecular weight is 321 g/mol. The van der Waals surface area contributed by atoms with Crippen molar-refractivity contribution in [1.82, 2.24) is 9.78 Å². The quantitative estimate of drug-likeness (QED) is 0.784. The molecule has 3 rings (SSSR count). The number of rotatable bonds is 4. The lowest BCUT2D eigenvalue weighted by Gasteiger charge is -2.33. The van der Waals surface area contributed by atoms with Gasteiger partial charge in [0, 0.05) is 19.0 Å². The third-order valence-corrected chi connectivity index (χ3v) is 4.44. The van der Waals surface area contributed by atoms with Gasteiger partial charge in [-0.3, -0.25) is 4.79 Å². The molecule has 0 aromatic carbocycles. The van der Waals surface area contributed by atoms with Crippen molar-refractivity contribution in [3.05, 3.63) is 11.8 Å². The second-order valence-electron chi connectivity index (χ2n) is 6.04. The first kappa shape index (κ1) is 16.0. The van der Waals surface area contributed by atoms with Crippen LogP contribution in [0.4, 0.5) is 5.82 Å². The Morgan fingerprint density at radius 3 is 3.00 bits per heavy atom. The summed E-state index contributed by atoms with van der Waals surface area (Å²) >= 11 is 0. The third-order valence-electron chi connectivity index (χ3n) is 4.44. The molecular weight excluding hydrogens is 298 g/mol. The van der Waals surface area contributed by atoms with Crippen LogP contribution in [0, 0.1) is 0 Å². The van der Waals surface area contributed by atoms with E-state index in [1.165, 1.54) is 0 Å². The number of hydrogen-bond donors (Lipinski definition) is 0. The molecule has 0 radical (unpaired) electrons. The first-order valence-corrected chi connectivity index (χ1v) is 8.25. The maximum absolute atomic E-state index is 12.3. The predicted octanol–water partition coefficient (Wildman–Crippen LogP) is 1.58. The lowest BCUT2D eigenvalue weighted by molar-refractivity contribution is -0.120. The molecule has 0 amide bonds. The lowest BCUT2D eigenvalue weighted by atomic mass is 10.2. The normalized spacial score (nSPS) is 25.0. The lowest BCUT2D eigenvalue weighted by Crippen LogP contribution is -2.44. The Kier molecular flexibility index (Phi) is 4.66. The van der Waals surface area contributed by atoms with E-state index in [9.17, 15) is 9.59 Å². The highest BCUT2D eigenvalue weighted by atomic mass is 16.5. The van der Waals surface area contributed by atoms with Crippen LogP contribution >= 0.6 is 0 Å². The molecule has 7 nitrogen and oxygen atoms in total. The molecule has 23 heavy (non-hydrogen) atoms. The van der Waals surface area contributed by atoms with Gasteiger partial charge in [0.25, 0.3) is 0 Å². The van der Waals surface area contributed by atoms with Crippen molar-refractivity contribution in [2.75, 3.05) is 31.3 Å². The fraction of sp³-hybridized carbons (Fsp3) is 0.688. The first-order valence-electron chi connectivity index (χ1n) is 8.25. The summed E-state index contributed by atoms with van der Waals surface area (Å²) < 4.78 is 12.2. The van der Waals surface area contributed by atoms with E-state index in [2.05, 4.69) is 16.9 Å². The zero-order chi connectivity index (χ0) is 16.4. The highest BCUT2D eigenvalue weighted by molar-refractivity contribution is 5.91. The summed E-state index contributed by atoms with van der Waals surface area (Å²) in [6.07, 6.45) is 2.12. The molecule has 1 aromatic rings. The summed E-state index contributed by atoms with van der Waals surface area (Å²) in [7, 11) is 0. The molecule has 0 N–H and O–H groups in total. The van der Waals surface area contributed by atoms with Gasteiger partial charge in [0.1, 0.15) is 11.7 Å². The van der Waals surface area contributed by atoms with E-state index in [4.69, 9.17) is 9.47 Å². The molecule has 2 atom stereocenters. The van der Waals surface area contributed by atoms with E-state index >= 15 is 0 Å². The van der Waals surface area contributed by atoms with E-state index in [0.29, 0.717) is 37.8 Å². The van der Waals surface area contributed by atoms with Crippen LogP contribution in [-0.4, -0.2) is 53.9 Å². The molecule has 7 heteroatoms. The van der Waals surface area contributed by atoms with E-state index in [1.54, 1.807) is 17.7 Å². The molecule has 1 saturated heterocycles. The Morgan fingerprint density at radius 2 is 2.35 bits per heavy atom. The average Bonchev–Trinajstić information content (AvgIpc) is 3.14. The Morgan fingerprint density at radius 1 is 1.52 bits per heavy atom. The number of esters is 1. The fourth-order valence-corrected chi connectivity index (χ4v) is 3.24. The molecule has 2 heterocycles. The fourth-order valence-electron chi connectivity index (χ4n) is 3.24. The van der Waals surface area contributed by atoms with Gasteiger partial charge in [0.05, 0.1) is 25.9 Å². The SMILES string of the molecule is CCOC(=O)c1cc(N2CCOC[C@H]2C)nn1C1CCCC1=O. The first-order chi connectivity index (χ1) is 11.1. The van der Waals surface area contributed by atoms with Gasteiger partial charge in [-0.15, -0.1) is 0 Å². The zero-order valence-electron chi connectivity index (χ0n) is 13.7. The summed E-state index contributed by atoms with van der Waals surface area (Å²) in [5.74, 6) is 0.427. The van der Waals surface area contributed by atoms with Gasteiger partial charge in [-0.25, -0.2) is 9.48 Å². The van der Waals surface area contributed by atoms with Crippen LogP contribution in [0.1, 0.15) is 49.6 Å². The van der Waals surface area contributed by atoms with Crippen LogP contribution in [0.3, 0.4) is 0 Å². The van der Waals surface area contributed by atoms with Crippen LogP contribution in [0.2, 0.25) is 0 Å². The number of morpholine rings is 1. The van der Waals surface area contributed by atoms with Gasteiger partial charge in [0.2, 0.25) is 0 Å². The molecule has 1 aliphatic heterocycles. The van der Waals surface area contributed by atoms with Crippen molar-refractivity contribution in [3.8, 4) is 0 Å². The van der Waals surface area contributed by atoms with Crippen LogP contribution in [-0.2, 0) is 14.3 Å². The standard InChI is InChI=1S/C16H23N3O4/c1-3-23-16(21)13-9-15(18-7-8-22-10-11(18)2)17-19(13)12-5-4-6-14(12)20/h9,11-12H,3-8,10H2,1-2H3/t11-,12?/m1/s1. The van der Waals surface area contributed by atoms with Crippen molar-refractivity contribution in [3.63, 3.8) is 0 Å². The molecule has 2 fully saturated rings. The molecule has 1 unspecified atom stereocenters. The number of hydrogen-bond acceptors (Lipinski definition) is 6. The Balaban J connectivity index is 1.95. The summed E-state index contributed by atoms with van der Waals surface area (Å²) in [5.41, 5.74) is 0.362. The zero-order valence-corrected chi connectivity index (χ0v) is 13.7. The molecule has 2 aliphatic rings. The number of aromatic nitrogens is 2. The largest absolute Gasteiger partial charge is 0.461 e. The van der Waals surface area contributed by atoms with E-state index < -0.39 is 5.97 Å². The Labute approximate surface area is 135 Å². The predicted molar refractivity (Wildman–Crippen MR) is 83.7 cm³/mol. The molecule has 1 aliphatic carbocycles. The second kappa shape index (κ2) is 6.70. The molecule has 126 valence electrons. The summed E-state index contributed by atoms with van der Waals surface area (Å²) in [6, 6.07) is 1.58. The molecule has 1 aromatic heterocycles.